The number of rotatable bonds is 2. The van der Waals surface area contributed by atoms with Gasteiger partial charge in [-0.25, -0.2) is 0 Å². The summed E-state index contributed by atoms with van der Waals surface area (Å²) in [6.45, 7) is 4.55. The lowest BCUT2D eigenvalue weighted by atomic mass is 9.94. The summed E-state index contributed by atoms with van der Waals surface area (Å²) in [5.74, 6) is 0.631. The first kappa shape index (κ1) is 13.4. The number of likely N-dealkylation sites (tertiary alicyclic amines) is 1. The smallest absolute Gasteiger partial charge is 0.0992 e. The van der Waals surface area contributed by atoms with Crippen LogP contribution in [0.1, 0.15) is 18.9 Å². The van der Waals surface area contributed by atoms with Crippen LogP contribution in [-0.2, 0) is 0 Å². The van der Waals surface area contributed by atoms with Crippen LogP contribution in [0, 0.1) is 17.2 Å². The Bertz CT molecular complexity index is 467. The van der Waals surface area contributed by atoms with Crippen molar-refractivity contribution in [3.05, 3.63) is 28.2 Å². The van der Waals surface area contributed by atoms with Crippen molar-refractivity contribution in [3.63, 3.8) is 0 Å². The van der Waals surface area contributed by atoms with Crippen molar-refractivity contribution in [1.82, 2.24) is 4.90 Å². The number of benzene rings is 1. The van der Waals surface area contributed by atoms with Crippen LogP contribution in [-0.4, -0.2) is 31.1 Å². The van der Waals surface area contributed by atoms with Gasteiger partial charge in [-0.1, -0.05) is 6.92 Å². The zero-order chi connectivity index (χ0) is 13.1. The van der Waals surface area contributed by atoms with Crippen LogP contribution in [0.2, 0.25) is 0 Å². The maximum atomic E-state index is 8.85. The number of nitrogens with zero attached hydrogens (tertiary/aromatic N) is 2. The molecule has 0 amide bonds. The van der Waals surface area contributed by atoms with Crippen LogP contribution >= 0.6 is 15.9 Å². The Morgan fingerprint density at radius 1 is 1.50 bits per heavy atom. The number of nitrogens with one attached hydrogen (secondary N) is 1. The Balaban J connectivity index is 2.08. The number of hydrogen-bond donors (Lipinski definition) is 1. The topological polar surface area (TPSA) is 39.1 Å². The molecule has 4 heteroatoms. The molecule has 3 nitrogen and oxygen atoms in total. The average molecular weight is 308 g/mol. The predicted octanol–water partition coefficient (Wildman–Crippen LogP) is 3.07. The molecule has 1 fully saturated rings. The highest BCUT2D eigenvalue weighted by molar-refractivity contribution is 9.10. The monoisotopic (exact) mass is 307 g/mol. The Hall–Kier alpha value is -1.05. The van der Waals surface area contributed by atoms with Crippen molar-refractivity contribution in [1.29, 1.82) is 5.26 Å². The molecule has 2 unspecified atom stereocenters. The van der Waals surface area contributed by atoms with Gasteiger partial charge in [0.1, 0.15) is 0 Å². The molecular formula is C14H18BrN3. The fourth-order valence-electron chi connectivity index (χ4n) is 2.47. The first-order chi connectivity index (χ1) is 8.60. The van der Waals surface area contributed by atoms with Crippen molar-refractivity contribution >= 4 is 21.6 Å². The normalized spacial score (nSPS) is 24.6. The molecule has 1 saturated heterocycles. The van der Waals surface area contributed by atoms with Crippen molar-refractivity contribution in [2.45, 2.75) is 19.4 Å². The van der Waals surface area contributed by atoms with E-state index in [1.165, 1.54) is 0 Å². The van der Waals surface area contributed by atoms with Crippen molar-refractivity contribution in [2.75, 3.05) is 25.5 Å². The maximum Gasteiger partial charge on any atom is 0.0992 e. The van der Waals surface area contributed by atoms with Gasteiger partial charge in [-0.15, -0.1) is 0 Å². The Kier molecular flexibility index (Phi) is 4.26. The van der Waals surface area contributed by atoms with E-state index >= 15 is 0 Å². The molecule has 0 radical (unpaired) electrons. The molecule has 1 aliphatic rings. The van der Waals surface area contributed by atoms with Gasteiger partial charge in [-0.3, -0.25) is 0 Å². The van der Waals surface area contributed by atoms with Gasteiger partial charge in [0.25, 0.3) is 0 Å². The van der Waals surface area contributed by atoms with E-state index in [1.807, 2.05) is 18.2 Å². The lowest BCUT2D eigenvalue weighted by Crippen LogP contribution is -2.43. The zero-order valence-corrected chi connectivity index (χ0v) is 12.4. The average Bonchev–Trinajstić information content (AvgIpc) is 2.34. The minimum atomic E-state index is 0.505. The van der Waals surface area contributed by atoms with Crippen molar-refractivity contribution < 1.29 is 0 Å². The van der Waals surface area contributed by atoms with E-state index in [4.69, 9.17) is 5.26 Å². The van der Waals surface area contributed by atoms with E-state index in [0.29, 0.717) is 17.5 Å². The summed E-state index contributed by atoms with van der Waals surface area (Å²) in [4.78, 5) is 2.37. The lowest BCUT2D eigenvalue weighted by Gasteiger charge is -2.36. The Morgan fingerprint density at radius 3 is 2.89 bits per heavy atom. The van der Waals surface area contributed by atoms with Gasteiger partial charge in [0.15, 0.2) is 0 Å². The molecule has 0 saturated carbocycles. The standard InChI is InChI=1S/C14H18BrN3/c1-10-9-18(2)6-5-13(10)17-14-4-3-11(8-16)7-12(14)15/h3-4,7,10,13,17H,5-6,9H2,1-2H3. The van der Waals surface area contributed by atoms with Crippen LogP contribution in [0.25, 0.3) is 0 Å². The number of halogens is 1. The summed E-state index contributed by atoms with van der Waals surface area (Å²) in [5, 5.41) is 12.4. The summed E-state index contributed by atoms with van der Waals surface area (Å²) >= 11 is 3.52. The second-order valence-corrected chi connectivity index (χ2v) is 5.94. The van der Waals surface area contributed by atoms with Gasteiger partial charge in [0.2, 0.25) is 0 Å². The third-order valence-corrected chi connectivity index (χ3v) is 4.20. The summed E-state index contributed by atoms with van der Waals surface area (Å²) in [6, 6.07) is 8.35. The number of hydrogen-bond acceptors (Lipinski definition) is 3. The van der Waals surface area contributed by atoms with Crippen LogP contribution in [0.3, 0.4) is 0 Å². The van der Waals surface area contributed by atoms with Gasteiger partial charge in [0.05, 0.1) is 11.6 Å². The number of nitriles is 1. The van der Waals surface area contributed by atoms with E-state index in [0.717, 1.165) is 29.7 Å². The van der Waals surface area contributed by atoms with E-state index in [9.17, 15) is 0 Å². The van der Waals surface area contributed by atoms with Gasteiger partial charge in [-0.2, -0.15) is 5.26 Å². The summed E-state index contributed by atoms with van der Waals surface area (Å²) in [6.07, 6.45) is 1.16. The SMILES string of the molecule is CC1CN(C)CCC1Nc1ccc(C#N)cc1Br. The van der Waals surface area contributed by atoms with Gasteiger partial charge in [-0.05, 0) is 60.1 Å². The summed E-state index contributed by atoms with van der Waals surface area (Å²) in [7, 11) is 2.17. The summed E-state index contributed by atoms with van der Waals surface area (Å²) in [5.41, 5.74) is 1.76. The Morgan fingerprint density at radius 2 is 2.28 bits per heavy atom. The molecule has 1 N–H and O–H groups in total. The number of anilines is 1. The van der Waals surface area contributed by atoms with Crippen molar-refractivity contribution in [3.8, 4) is 6.07 Å². The zero-order valence-electron chi connectivity index (χ0n) is 10.8. The minimum Gasteiger partial charge on any atom is -0.381 e. The molecular weight excluding hydrogens is 290 g/mol. The second-order valence-electron chi connectivity index (χ2n) is 5.09. The van der Waals surface area contributed by atoms with Crippen molar-refractivity contribution in [2.24, 2.45) is 5.92 Å². The largest absolute Gasteiger partial charge is 0.381 e. The fourth-order valence-corrected chi connectivity index (χ4v) is 2.96. The first-order valence-electron chi connectivity index (χ1n) is 6.25. The fraction of sp³-hybridized carbons (Fsp3) is 0.500. The molecule has 1 heterocycles. The Labute approximate surface area is 117 Å². The molecule has 96 valence electrons. The van der Waals surface area contributed by atoms with E-state index in [1.54, 1.807) is 0 Å². The van der Waals surface area contributed by atoms with Crippen LogP contribution in [0.15, 0.2) is 22.7 Å². The second kappa shape index (κ2) is 5.73. The molecule has 0 aromatic heterocycles. The summed E-state index contributed by atoms with van der Waals surface area (Å²) < 4.78 is 0.965. The molecule has 0 bridgehead atoms. The quantitative estimate of drug-likeness (QED) is 0.912. The molecule has 2 rings (SSSR count). The first-order valence-corrected chi connectivity index (χ1v) is 7.04. The van der Waals surface area contributed by atoms with Gasteiger partial charge >= 0.3 is 0 Å². The molecule has 18 heavy (non-hydrogen) atoms. The third kappa shape index (κ3) is 3.04. The molecule has 0 spiro atoms. The lowest BCUT2D eigenvalue weighted by molar-refractivity contribution is 0.206. The minimum absolute atomic E-state index is 0.505. The maximum absolute atomic E-state index is 8.85. The predicted molar refractivity (Wildman–Crippen MR) is 77.5 cm³/mol. The molecule has 0 aliphatic carbocycles. The number of piperidine rings is 1. The van der Waals surface area contributed by atoms with Crippen LogP contribution in [0.4, 0.5) is 5.69 Å². The molecule has 1 aromatic rings. The van der Waals surface area contributed by atoms with Gasteiger partial charge in [0, 0.05) is 22.7 Å². The van der Waals surface area contributed by atoms with Gasteiger partial charge < -0.3 is 10.2 Å². The van der Waals surface area contributed by atoms with Crippen LogP contribution < -0.4 is 5.32 Å². The van der Waals surface area contributed by atoms with E-state index < -0.39 is 0 Å². The highest BCUT2D eigenvalue weighted by atomic mass is 79.9. The van der Waals surface area contributed by atoms with Crippen LogP contribution in [0.5, 0.6) is 0 Å². The van der Waals surface area contributed by atoms with E-state index in [2.05, 4.69) is 46.2 Å². The third-order valence-electron chi connectivity index (χ3n) is 3.55. The molecule has 1 aromatic carbocycles. The van der Waals surface area contributed by atoms with E-state index in [-0.39, 0.29) is 0 Å². The molecule has 1 aliphatic heterocycles. The highest BCUT2D eigenvalue weighted by Gasteiger charge is 2.24. The highest BCUT2D eigenvalue weighted by Crippen LogP contribution is 2.27. The molecule has 2 atom stereocenters.